The largest absolute Gasteiger partial charge is 0.508 e. The Morgan fingerprint density at radius 1 is 1.09 bits per heavy atom. The highest BCUT2D eigenvalue weighted by molar-refractivity contribution is 6.05. The number of amides is 1. The van der Waals surface area contributed by atoms with Gasteiger partial charge in [-0.15, -0.1) is 5.10 Å². The average Bonchev–Trinajstić information content (AvgIpc) is 3.23. The molecule has 1 aliphatic rings. The zero-order valence-corrected chi connectivity index (χ0v) is 17.1. The minimum Gasteiger partial charge on any atom is -0.508 e. The van der Waals surface area contributed by atoms with E-state index in [-0.39, 0.29) is 11.7 Å². The molecule has 9 heteroatoms. The Balaban J connectivity index is 1.62. The predicted octanol–water partition coefficient (Wildman–Crippen LogP) is 3.37. The van der Waals surface area contributed by atoms with Crippen LogP contribution in [0.2, 0.25) is 0 Å². The number of phenolic OH excluding ortho intramolecular Hbond substituents is 1. The van der Waals surface area contributed by atoms with E-state index < -0.39 is 6.04 Å². The molecule has 4 aromatic rings. The molecule has 5 rings (SSSR count). The molecule has 1 aliphatic heterocycles. The van der Waals surface area contributed by atoms with Gasteiger partial charge in [0.05, 0.1) is 17.5 Å². The van der Waals surface area contributed by atoms with Crippen LogP contribution in [0, 0.1) is 0 Å². The Kier molecular flexibility index (Phi) is 4.83. The number of nitrogens with one attached hydrogen (secondary N) is 2. The van der Waals surface area contributed by atoms with Gasteiger partial charge in [-0.1, -0.05) is 12.1 Å². The summed E-state index contributed by atoms with van der Waals surface area (Å²) in [5.74, 6) is 0.764. The molecule has 1 amide bonds. The maximum Gasteiger partial charge on any atom is 0.255 e. The fourth-order valence-corrected chi connectivity index (χ4v) is 3.70. The van der Waals surface area contributed by atoms with Crippen molar-refractivity contribution in [2.75, 3.05) is 10.6 Å². The summed E-state index contributed by atoms with van der Waals surface area (Å²) in [5, 5.41) is 20.9. The van der Waals surface area contributed by atoms with Crippen LogP contribution < -0.4 is 10.6 Å². The monoisotopic (exact) mass is 425 g/mol. The quantitative estimate of drug-likeness (QED) is 0.459. The molecule has 1 aromatic carbocycles. The predicted molar refractivity (Wildman–Crippen MR) is 119 cm³/mol. The number of carbonyl (C=O) groups is 1. The topological polar surface area (TPSA) is 118 Å². The number of hydrogen-bond donors (Lipinski definition) is 3. The van der Waals surface area contributed by atoms with E-state index in [1.807, 2.05) is 25.1 Å². The standard InChI is InChI=1S/C23H19N7O2/c1-14-19(22(32)27-17-7-4-10-25-13-17)20(15-5-2-8-18(31)11-15)30-23(26-14)28-21(29-30)16-6-3-9-24-12-16/h2-13,20,31H,1H3,(H,27,32)(H,26,28,29). The van der Waals surface area contributed by atoms with Gasteiger partial charge in [0.1, 0.15) is 11.8 Å². The first-order chi connectivity index (χ1) is 15.6. The summed E-state index contributed by atoms with van der Waals surface area (Å²) in [6, 6.07) is 13.4. The Morgan fingerprint density at radius 3 is 2.62 bits per heavy atom. The van der Waals surface area contributed by atoms with Crippen molar-refractivity contribution in [3.8, 4) is 17.1 Å². The minimum absolute atomic E-state index is 0.0971. The van der Waals surface area contributed by atoms with E-state index in [0.29, 0.717) is 34.3 Å². The van der Waals surface area contributed by atoms with Gasteiger partial charge in [-0.2, -0.15) is 4.98 Å². The van der Waals surface area contributed by atoms with Gasteiger partial charge in [0, 0.05) is 29.9 Å². The summed E-state index contributed by atoms with van der Waals surface area (Å²) in [6.07, 6.45) is 6.58. The molecular weight excluding hydrogens is 406 g/mol. The van der Waals surface area contributed by atoms with E-state index in [2.05, 4.69) is 30.7 Å². The van der Waals surface area contributed by atoms with Gasteiger partial charge in [-0.3, -0.25) is 14.8 Å². The number of pyridine rings is 2. The lowest BCUT2D eigenvalue weighted by Gasteiger charge is -2.28. The zero-order valence-electron chi connectivity index (χ0n) is 17.1. The molecular formula is C23H19N7O2. The van der Waals surface area contributed by atoms with E-state index in [0.717, 1.165) is 5.56 Å². The van der Waals surface area contributed by atoms with Crippen LogP contribution in [0.15, 0.2) is 84.6 Å². The number of hydrogen-bond acceptors (Lipinski definition) is 7. The first-order valence-corrected chi connectivity index (χ1v) is 9.95. The van der Waals surface area contributed by atoms with Crippen molar-refractivity contribution in [3.05, 3.63) is 90.2 Å². The van der Waals surface area contributed by atoms with Crippen molar-refractivity contribution >= 4 is 17.5 Å². The third kappa shape index (κ3) is 3.56. The number of phenols is 1. The van der Waals surface area contributed by atoms with Crippen molar-refractivity contribution in [1.29, 1.82) is 0 Å². The second-order valence-electron chi connectivity index (χ2n) is 7.30. The van der Waals surface area contributed by atoms with Crippen LogP contribution in [0.1, 0.15) is 18.5 Å². The Hall–Kier alpha value is -4.53. The van der Waals surface area contributed by atoms with E-state index >= 15 is 0 Å². The van der Waals surface area contributed by atoms with Gasteiger partial charge in [0.15, 0.2) is 5.82 Å². The molecule has 4 heterocycles. The van der Waals surface area contributed by atoms with Crippen LogP contribution in [-0.2, 0) is 4.79 Å². The lowest BCUT2D eigenvalue weighted by Crippen LogP contribution is -2.31. The van der Waals surface area contributed by atoms with Crippen LogP contribution >= 0.6 is 0 Å². The van der Waals surface area contributed by atoms with Crippen molar-refractivity contribution in [2.45, 2.75) is 13.0 Å². The molecule has 0 saturated heterocycles. The zero-order chi connectivity index (χ0) is 22.1. The Bertz CT molecular complexity index is 1320. The molecule has 0 spiro atoms. The highest BCUT2D eigenvalue weighted by Gasteiger charge is 2.34. The lowest BCUT2D eigenvalue weighted by atomic mass is 9.95. The molecule has 9 nitrogen and oxygen atoms in total. The Labute approximate surface area is 183 Å². The summed E-state index contributed by atoms with van der Waals surface area (Å²) in [5.41, 5.74) is 3.12. The highest BCUT2D eigenvalue weighted by atomic mass is 16.3. The van der Waals surface area contributed by atoms with E-state index in [4.69, 9.17) is 0 Å². The number of allylic oxidation sites excluding steroid dienone is 1. The van der Waals surface area contributed by atoms with Crippen molar-refractivity contribution in [1.82, 2.24) is 24.7 Å². The van der Waals surface area contributed by atoms with Gasteiger partial charge in [0.25, 0.3) is 5.91 Å². The molecule has 158 valence electrons. The number of aromatic nitrogens is 5. The third-order valence-corrected chi connectivity index (χ3v) is 5.12. The lowest BCUT2D eigenvalue weighted by molar-refractivity contribution is -0.113. The molecule has 1 atom stereocenters. The number of rotatable bonds is 4. The van der Waals surface area contributed by atoms with E-state index in [1.54, 1.807) is 59.8 Å². The van der Waals surface area contributed by atoms with Crippen LogP contribution in [0.3, 0.4) is 0 Å². The summed E-state index contributed by atoms with van der Waals surface area (Å²) < 4.78 is 1.66. The molecule has 0 aliphatic carbocycles. The summed E-state index contributed by atoms with van der Waals surface area (Å²) in [4.78, 5) is 26.2. The first kappa shape index (κ1) is 19.4. The molecule has 3 N–H and O–H groups in total. The summed E-state index contributed by atoms with van der Waals surface area (Å²) >= 11 is 0. The number of aromatic hydroxyl groups is 1. The molecule has 32 heavy (non-hydrogen) atoms. The maximum absolute atomic E-state index is 13.4. The summed E-state index contributed by atoms with van der Waals surface area (Å²) in [6.45, 7) is 1.82. The molecule has 3 aromatic heterocycles. The van der Waals surface area contributed by atoms with Crippen molar-refractivity contribution in [2.24, 2.45) is 0 Å². The fourth-order valence-electron chi connectivity index (χ4n) is 3.70. The molecule has 0 bridgehead atoms. The van der Waals surface area contributed by atoms with E-state index in [1.165, 1.54) is 0 Å². The third-order valence-electron chi connectivity index (χ3n) is 5.12. The summed E-state index contributed by atoms with van der Waals surface area (Å²) in [7, 11) is 0. The van der Waals surface area contributed by atoms with Crippen molar-refractivity contribution in [3.63, 3.8) is 0 Å². The smallest absolute Gasteiger partial charge is 0.255 e. The van der Waals surface area contributed by atoms with Crippen molar-refractivity contribution < 1.29 is 9.90 Å². The Morgan fingerprint density at radius 2 is 1.91 bits per heavy atom. The normalized spacial score (nSPS) is 15.1. The van der Waals surface area contributed by atoms with Gasteiger partial charge in [-0.05, 0) is 48.9 Å². The number of anilines is 2. The molecule has 0 radical (unpaired) electrons. The SMILES string of the molecule is CC1=C(C(=O)Nc2cccnc2)C(c2cccc(O)c2)n2nc(-c3cccnc3)nc2N1. The van der Waals surface area contributed by atoms with Crippen LogP contribution in [0.4, 0.5) is 11.6 Å². The number of benzene rings is 1. The number of carbonyl (C=O) groups excluding carboxylic acids is 1. The van der Waals surface area contributed by atoms with Crippen LogP contribution in [0.5, 0.6) is 5.75 Å². The second-order valence-corrected chi connectivity index (χ2v) is 7.30. The number of nitrogens with zero attached hydrogens (tertiary/aromatic N) is 5. The highest BCUT2D eigenvalue weighted by Crippen LogP contribution is 2.37. The minimum atomic E-state index is -0.604. The maximum atomic E-state index is 13.4. The van der Waals surface area contributed by atoms with Gasteiger partial charge in [-0.25, -0.2) is 4.68 Å². The first-order valence-electron chi connectivity index (χ1n) is 9.95. The molecule has 1 unspecified atom stereocenters. The van der Waals surface area contributed by atoms with Gasteiger partial charge < -0.3 is 15.7 Å². The van der Waals surface area contributed by atoms with Gasteiger partial charge >= 0.3 is 0 Å². The van der Waals surface area contributed by atoms with Crippen LogP contribution in [0.25, 0.3) is 11.4 Å². The van der Waals surface area contributed by atoms with Gasteiger partial charge in [0.2, 0.25) is 5.95 Å². The fraction of sp³-hybridized carbons (Fsp3) is 0.0870. The number of fused-ring (bicyclic) bond motifs is 1. The molecule has 0 fully saturated rings. The van der Waals surface area contributed by atoms with E-state index in [9.17, 15) is 9.90 Å². The molecule has 0 saturated carbocycles. The van der Waals surface area contributed by atoms with Crippen LogP contribution in [-0.4, -0.2) is 35.7 Å². The second kappa shape index (κ2) is 7.95. The average molecular weight is 425 g/mol.